The molecule has 7 aliphatic carbocycles. The molecule has 2 aromatic carbocycles. The second kappa shape index (κ2) is 59.9. The van der Waals surface area contributed by atoms with Gasteiger partial charge in [-0.1, -0.05) is 324 Å². The largest absolute Gasteiger partial charge is 0.385 e. The number of nitrogens with one attached hydrogen (secondary N) is 1. The first-order valence-corrected chi connectivity index (χ1v) is 35.5. The molecule has 5 fully saturated rings. The van der Waals surface area contributed by atoms with Crippen LogP contribution in [0.3, 0.4) is 0 Å². The van der Waals surface area contributed by atoms with Gasteiger partial charge in [0, 0.05) is 13.7 Å². The van der Waals surface area contributed by atoms with Gasteiger partial charge in [-0.25, -0.2) is 0 Å². The lowest BCUT2D eigenvalue weighted by atomic mass is 9.77. The molecule has 5 saturated carbocycles. The van der Waals surface area contributed by atoms with E-state index in [-0.39, 0.29) is 0 Å². The first kappa shape index (κ1) is 87.0. The average molecular weight is 1160 g/mol. The maximum Gasteiger partial charge on any atom is 0.0459 e. The number of hydrogen-bond donors (Lipinski definition) is 1. The van der Waals surface area contributed by atoms with Crippen molar-refractivity contribution >= 4 is 0 Å². The Bertz CT molecular complexity index is 1560. The zero-order valence-electron chi connectivity index (χ0n) is 61.3. The second-order valence-corrected chi connectivity index (χ2v) is 27.8. The zero-order chi connectivity index (χ0) is 64.0. The van der Waals surface area contributed by atoms with Crippen molar-refractivity contribution in [3.63, 3.8) is 0 Å². The third-order valence-corrected chi connectivity index (χ3v) is 18.2. The molecule has 11 unspecified atom stereocenters. The summed E-state index contributed by atoms with van der Waals surface area (Å²) in [4.78, 5) is 0. The summed E-state index contributed by atoms with van der Waals surface area (Å²) in [5, 5.41) is 3.02. The molecule has 0 aromatic heterocycles. The minimum atomic E-state index is 0.709. The summed E-state index contributed by atoms with van der Waals surface area (Å²) in [6.45, 7) is 55.8. The van der Waals surface area contributed by atoms with E-state index >= 15 is 0 Å². The van der Waals surface area contributed by atoms with Crippen LogP contribution in [0.15, 0.2) is 91.1 Å². The number of unbranched alkanes of at least 4 members (excludes halogenated alkanes) is 1. The molecule has 0 amide bonds. The van der Waals surface area contributed by atoms with Crippen LogP contribution in [0.1, 0.15) is 303 Å². The summed E-state index contributed by atoms with van der Waals surface area (Å²) in [6, 6.07) is 19.1. The maximum absolute atomic E-state index is 4.69. The lowest BCUT2D eigenvalue weighted by molar-refractivity contribution is 0.199. The van der Waals surface area contributed by atoms with E-state index in [1.54, 1.807) is 7.11 Å². The molecule has 0 spiro atoms. The van der Waals surface area contributed by atoms with Crippen LogP contribution in [0.4, 0.5) is 0 Å². The predicted molar refractivity (Wildman–Crippen MR) is 384 cm³/mol. The van der Waals surface area contributed by atoms with E-state index in [2.05, 4.69) is 237 Å². The average Bonchev–Trinajstić information content (AvgIpc) is 4.20. The van der Waals surface area contributed by atoms with Crippen molar-refractivity contribution < 1.29 is 4.74 Å². The van der Waals surface area contributed by atoms with Gasteiger partial charge in [0.05, 0.1) is 0 Å². The number of hydrogen-bond acceptors (Lipinski definition) is 2. The third-order valence-electron chi connectivity index (χ3n) is 18.2. The molecular weight excluding hydrogens is 1000 g/mol. The van der Waals surface area contributed by atoms with E-state index in [0.29, 0.717) is 5.92 Å². The Labute approximate surface area is 525 Å². The van der Waals surface area contributed by atoms with Crippen LogP contribution in [0.25, 0.3) is 0 Å². The minimum absolute atomic E-state index is 0.709. The Hall–Kier alpha value is -2.42. The highest BCUT2D eigenvalue weighted by molar-refractivity contribution is 5.20. The molecule has 0 aliphatic heterocycles. The fraction of sp³-hybridized carbons (Fsp3) is 0.778. The molecule has 2 aromatic rings. The summed E-state index contributed by atoms with van der Waals surface area (Å²) in [5.41, 5.74) is 4.11. The Morgan fingerprint density at radius 3 is 0.952 bits per heavy atom. The zero-order valence-corrected chi connectivity index (χ0v) is 61.3. The van der Waals surface area contributed by atoms with E-state index in [1.807, 2.05) is 33.0 Å². The number of allylic oxidation sites excluding steroid dienone is 6. The van der Waals surface area contributed by atoms with Gasteiger partial charge in [0.25, 0.3) is 0 Å². The first-order chi connectivity index (χ1) is 39.4. The lowest BCUT2D eigenvalue weighted by Crippen LogP contribution is -2.18. The SMILES string of the molecule is C/C=C/C.CC1C=CC(C)C1.CC1C=CC1C.CC1CC(C)C1.CC1CCC(C)C1.CC1CCC(C)CC1.CC1CCC1C.CC1CCCC1C.CCC(C)c1ccccc1.CCCC.CCCNC.CCCOC.Cc1ccc(C)cc1. The molecule has 83 heavy (non-hydrogen) atoms. The molecule has 0 heterocycles. The molecule has 2 heteroatoms. The quantitative estimate of drug-likeness (QED) is 0.279. The van der Waals surface area contributed by atoms with Gasteiger partial charge in [-0.05, 0) is 181 Å². The third kappa shape index (κ3) is 57.1. The summed E-state index contributed by atoms with van der Waals surface area (Å²) >= 11 is 0. The highest BCUT2D eigenvalue weighted by atomic mass is 16.5. The molecule has 9 rings (SSSR count). The van der Waals surface area contributed by atoms with Gasteiger partial charge in [-0.2, -0.15) is 0 Å². The summed E-state index contributed by atoms with van der Waals surface area (Å²) in [6.07, 6.45) is 41.3. The monoisotopic (exact) mass is 1160 g/mol. The van der Waals surface area contributed by atoms with Gasteiger partial charge >= 0.3 is 0 Å². The van der Waals surface area contributed by atoms with Crippen molar-refractivity contribution in [2.75, 3.05) is 27.3 Å². The maximum atomic E-state index is 4.69. The molecule has 488 valence electrons. The molecule has 0 saturated heterocycles. The van der Waals surface area contributed by atoms with Crippen LogP contribution in [0.2, 0.25) is 0 Å². The smallest absolute Gasteiger partial charge is 0.0459 e. The summed E-state index contributed by atoms with van der Waals surface area (Å²) in [7, 11) is 3.67. The molecule has 7 aliphatic rings. The Kier molecular flexibility index (Phi) is 62.8. The number of rotatable bonds is 7. The van der Waals surface area contributed by atoms with E-state index in [4.69, 9.17) is 4.74 Å². The van der Waals surface area contributed by atoms with Crippen molar-refractivity contribution in [2.24, 2.45) is 82.9 Å². The molecular formula is C81H153NO. The number of ether oxygens (including phenoxy) is 1. The van der Waals surface area contributed by atoms with Gasteiger partial charge < -0.3 is 10.1 Å². The summed E-state index contributed by atoms with van der Waals surface area (Å²) in [5.74, 6) is 14.4. The first-order valence-electron chi connectivity index (χ1n) is 35.5. The Morgan fingerprint density at radius 2 is 0.807 bits per heavy atom. The van der Waals surface area contributed by atoms with Gasteiger partial charge in [-0.3, -0.25) is 0 Å². The summed E-state index contributed by atoms with van der Waals surface area (Å²) < 4.78 is 4.69. The van der Waals surface area contributed by atoms with Crippen LogP contribution in [-0.4, -0.2) is 27.3 Å². The molecule has 11 atom stereocenters. The van der Waals surface area contributed by atoms with Crippen molar-refractivity contribution in [1.82, 2.24) is 5.32 Å². The molecule has 1 N–H and O–H groups in total. The molecule has 2 nitrogen and oxygen atoms in total. The lowest BCUT2D eigenvalue weighted by Gasteiger charge is -2.29. The Balaban J connectivity index is -0.000000410. The standard InChI is InChI=1S/C10H14.C8H16.C8H10.C7H14.C7H12.C7H14.2C6H12.C6H10.C4H11N.C4H10O.C4H10.C4H8/c1-3-9(2)10-7-5-4-6-8-10;2*1-7-3-5-8(2)6-4-7;2*1-6-3-4-7(2)5-6;1-6-4-3-5-7(6)2;1-5-3-6(2)4-5;2*1-5-3-4-6(5)2;2*1-3-4-5-2;2*1-3-4-2/h4-9H,3H2,1-2H3;7-8H,3-6H2,1-2H3;3-6H,1-2H3;6-7H,3-5H2,1-2H3;3-4,6-7H,5H2,1-2H3;6-7H,3-5H2,1-2H3;2*5-6H,3-4H2,1-2H3;3-6H,1-2H3;5H,3-4H2,1-2H3;3-4H2,1-2H3;3-4H2,1-2H3;3-4H,1-2H3/b;;;;;;;;;;;;4-3+. The van der Waals surface area contributed by atoms with Crippen LogP contribution in [-0.2, 0) is 4.74 Å². The second-order valence-electron chi connectivity index (χ2n) is 27.8. The molecule has 0 bridgehead atoms. The van der Waals surface area contributed by atoms with E-state index in [9.17, 15) is 0 Å². The number of aryl methyl sites for hydroxylation is 2. The van der Waals surface area contributed by atoms with E-state index in [0.717, 1.165) is 102 Å². The van der Waals surface area contributed by atoms with Crippen molar-refractivity contribution in [3.8, 4) is 0 Å². The van der Waals surface area contributed by atoms with Gasteiger partial charge in [0.1, 0.15) is 0 Å². The van der Waals surface area contributed by atoms with Crippen molar-refractivity contribution in [2.45, 2.75) is 301 Å². The fourth-order valence-electron chi connectivity index (χ4n) is 10.2. The van der Waals surface area contributed by atoms with Crippen molar-refractivity contribution in [3.05, 3.63) is 108 Å². The van der Waals surface area contributed by atoms with Crippen LogP contribution >= 0.6 is 0 Å². The van der Waals surface area contributed by atoms with Crippen LogP contribution in [0.5, 0.6) is 0 Å². The molecule has 0 radical (unpaired) electrons. The highest BCUT2D eigenvalue weighted by Gasteiger charge is 2.21. The topological polar surface area (TPSA) is 21.3 Å². The minimum Gasteiger partial charge on any atom is -0.385 e. The van der Waals surface area contributed by atoms with E-state index in [1.165, 1.54) is 139 Å². The fourth-order valence-corrected chi connectivity index (χ4v) is 10.2. The van der Waals surface area contributed by atoms with Crippen LogP contribution in [0, 0.1) is 96.7 Å². The number of benzene rings is 2. The normalized spacial score (nSPS) is 28.1. The van der Waals surface area contributed by atoms with Crippen LogP contribution < -0.4 is 5.32 Å². The van der Waals surface area contributed by atoms with Gasteiger partial charge in [0.15, 0.2) is 0 Å². The van der Waals surface area contributed by atoms with Gasteiger partial charge in [0.2, 0.25) is 0 Å². The Morgan fingerprint density at radius 1 is 0.446 bits per heavy atom. The highest BCUT2D eigenvalue weighted by Crippen LogP contribution is 2.33. The van der Waals surface area contributed by atoms with E-state index < -0.39 is 0 Å². The number of methoxy groups -OCH3 is 1. The van der Waals surface area contributed by atoms with Crippen molar-refractivity contribution in [1.29, 1.82) is 0 Å². The predicted octanol–water partition coefficient (Wildman–Crippen LogP) is 26.4. The van der Waals surface area contributed by atoms with Gasteiger partial charge in [-0.15, -0.1) is 0 Å².